The lowest BCUT2D eigenvalue weighted by Gasteiger charge is -2.24. The summed E-state index contributed by atoms with van der Waals surface area (Å²) >= 11 is 0. The molecule has 0 aliphatic carbocycles. The van der Waals surface area contributed by atoms with Crippen molar-refractivity contribution < 1.29 is 9.47 Å². The first-order valence-electron chi connectivity index (χ1n) is 11.5. The van der Waals surface area contributed by atoms with E-state index in [0.717, 1.165) is 31.1 Å². The van der Waals surface area contributed by atoms with Gasteiger partial charge in [-0.15, -0.1) is 0 Å². The predicted molar refractivity (Wildman–Crippen MR) is 139 cm³/mol. The van der Waals surface area contributed by atoms with Crippen LogP contribution in [0.25, 0.3) is 0 Å². The second kappa shape index (κ2) is 12.5. The summed E-state index contributed by atoms with van der Waals surface area (Å²) in [5.74, 6) is 8.20. The summed E-state index contributed by atoms with van der Waals surface area (Å²) in [4.78, 5) is 2.40. The monoisotopic (exact) mass is 449 g/mol. The molecule has 0 amide bonds. The smallest absolute Gasteiger partial charge is 0.120 e. The van der Waals surface area contributed by atoms with Gasteiger partial charge in [-0.05, 0) is 68.8 Å². The number of allylic oxidation sites excluding steroid dienone is 1. The van der Waals surface area contributed by atoms with Gasteiger partial charge in [0.1, 0.15) is 17.2 Å². The van der Waals surface area contributed by atoms with Gasteiger partial charge in [-0.1, -0.05) is 62.2 Å². The van der Waals surface area contributed by atoms with Crippen LogP contribution in [0.15, 0.2) is 60.7 Å². The van der Waals surface area contributed by atoms with Crippen LogP contribution in [0.4, 0.5) is 0 Å². The van der Waals surface area contributed by atoms with Crippen molar-refractivity contribution in [3.8, 4) is 23.3 Å². The van der Waals surface area contributed by atoms with Crippen molar-refractivity contribution in [1.29, 1.82) is 0 Å². The van der Waals surface area contributed by atoms with E-state index >= 15 is 0 Å². The van der Waals surface area contributed by atoms with Gasteiger partial charge in [-0.25, -0.2) is 0 Å². The van der Waals surface area contributed by atoms with E-state index in [1.807, 2.05) is 18.2 Å². The van der Waals surface area contributed by atoms with E-state index in [4.69, 9.17) is 9.47 Å². The Labute approximate surface area is 197 Å². The normalized spacial score (nSPS) is 12.7. The molecule has 2 aromatic rings. The van der Waals surface area contributed by atoms with Crippen LogP contribution in [0.3, 0.4) is 0 Å². The topological polar surface area (TPSA) is 21.7 Å². The molecule has 2 aromatic carbocycles. The third kappa shape index (κ3) is 8.94. The van der Waals surface area contributed by atoms with Gasteiger partial charge in [0.25, 0.3) is 0 Å². The van der Waals surface area contributed by atoms with E-state index in [-0.39, 0.29) is 11.1 Å². The molecular formula is C28H39NO2Si. The maximum absolute atomic E-state index is 6.51. The third-order valence-electron chi connectivity index (χ3n) is 5.08. The lowest BCUT2D eigenvalue weighted by molar-refractivity contribution is 0.278. The fraction of sp³-hybridized carbons (Fsp3) is 0.429. The number of likely N-dealkylation sites (N-methyl/N-ethyl adjacent to an activating group) is 1. The molecule has 0 heterocycles. The maximum Gasteiger partial charge on any atom is 0.120 e. The first-order valence-corrected chi connectivity index (χ1v) is 14.5. The number of hydrogen-bond donors (Lipinski definition) is 0. The average molecular weight is 450 g/mol. The Morgan fingerprint density at radius 3 is 2.38 bits per heavy atom. The molecule has 0 saturated heterocycles. The van der Waals surface area contributed by atoms with Crippen LogP contribution in [-0.4, -0.2) is 33.9 Å². The molecule has 0 aromatic heterocycles. The van der Waals surface area contributed by atoms with E-state index in [9.17, 15) is 0 Å². The molecule has 1 unspecified atom stereocenters. The zero-order valence-electron chi connectivity index (χ0n) is 20.8. The Kier molecular flexibility index (Phi) is 10.1. The van der Waals surface area contributed by atoms with Crippen molar-refractivity contribution in [2.75, 3.05) is 20.2 Å². The van der Waals surface area contributed by atoms with Crippen molar-refractivity contribution in [2.45, 2.75) is 53.1 Å². The number of nitrogens with zero attached hydrogens (tertiary/aromatic N) is 1. The third-order valence-corrected chi connectivity index (χ3v) is 6.81. The van der Waals surface area contributed by atoms with Gasteiger partial charge in [0.05, 0.1) is 15.9 Å². The summed E-state index contributed by atoms with van der Waals surface area (Å²) in [7, 11) is 0.607. The number of hydrogen-bond acceptors (Lipinski definition) is 3. The van der Waals surface area contributed by atoms with E-state index in [1.54, 1.807) is 7.11 Å². The Morgan fingerprint density at radius 1 is 1.06 bits per heavy atom. The molecule has 32 heavy (non-hydrogen) atoms. The summed E-state index contributed by atoms with van der Waals surface area (Å²) in [5.41, 5.74) is 2.65. The highest BCUT2D eigenvalue weighted by molar-refractivity contribution is 6.57. The lowest BCUT2D eigenvalue weighted by Crippen LogP contribution is -2.23. The Bertz CT molecular complexity index is 917. The highest BCUT2D eigenvalue weighted by Crippen LogP contribution is 2.27. The highest BCUT2D eigenvalue weighted by atomic mass is 28.3. The average Bonchev–Trinajstić information content (AvgIpc) is 2.76. The van der Waals surface area contributed by atoms with E-state index in [1.165, 1.54) is 11.1 Å². The molecule has 0 spiro atoms. The van der Waals surface area contributed by atoms with Crippen molar-refractivity contribution in [3.63, 3.8) is 0 Å². The summed E-state index contributed by atoms with van der Waals surface area (Å²) in [6.07, 6.45) is 4.12. The molecule has 2 rings (SSSR count). The molecule has 0 bridgehead atoms. The van der Waals surface area contributed by atoms with Crippen LogP contribution in [0.5, 0.6) is 11.5 Å². The molecule has 4 heteroatoms. The van der Waals surface area contributed by atoms with Gasteiger partial charge in [-0.3, -0.25) is 4.90 Å². The van der Waals surface area contributed by atoms with Gasteiger partial charge in [0, 0.05) is 18.5 Å². The molecule has 0 fully saturated rings. The van der Waals surface area contributed by atoms with Crippen molar-refractivity contribution in [3.05, 3.63) is 71.8 Å². The second-order valence-electron chi connectivity index (χ2n) is 9.45. The Balaban J connectivity index is 2.05. The minimum absolute atomic E-state index is 0.0394. The van der Waals surface area contributed by atoms with Crippen LogP contribution < -0.4 is 9.47 Å². The molecule has 0 saturated carbocycles. The van der Waals surface area contributed by atoms with E-state index in [0.29, 0.717) is 0 Å². The molecule has 1 atom stereocenters. The molecule has 0 aliphatic heterocycles. The minimum Gasteiger partial charge on any atom is -0.497 e. The zero-order valence-corrected chi connectivity index (χ0v) is 22.0. The summed E-state index contributed by atoms with van der Waals surface area (Å²) in [5, 5.41) is 0. The predicted octanol–water partition coefficient (Wildman–Crippen LogP) is 6.27. The standard InChI is InChI=1S/C28H39NO2Si/c1-8-29(20-11-9-10-19-28(2,3)4)22-23-13-12-14-26(21-23)31-27(32(6)7)24-15-17-25(30-5)18-16-24/h9,11-18,21,27,32H,8,20,22H2,1-7H3. The number of methoxy groups -OCH3 is 1. The Hall–Kier alpha value is -2.48. The Morgan fingerprint density at radius 2 is 1.78 bits per heavy atom. The minimum atomic E-state index is -1.09. The summed E-state index contributed by atoms with van der Waals surface area (Å²) in [6.45, 7) is 16.0. The van der Waals surface area contributed by atoms with Crippen molar-refractivity contribution >= 4 is 8.80 Å². The first kappa shape index (κ1) is 25.8. The fourth-order valence-electron chi connectivity index (χ4n) is 3.33. The lowest BCUT2D eigenvalue weighted by atomic mass is 9.98. The second-order valence-corrected chi connectivity index (χ2v) is 12.5. The largest absolute Gasteiger partial charge is 0.497 e. The van der Waals surface area contributed by atoms with Gasteiger partial charge in [0.15, 0.2) is 0 Å². The summed E-state index contributed by atoms with van der Waals surface area (Å²) in [6, 6.07) is 16.8. The van der Waals surface area contributed by atoms with Crippen LogP contribution in [0.2, 0.25) is 13.1 Å². The summed E-state index contributed by atoms with van der Waals surface area (Å²) < 4.78 is 11.8. The van der Waals surface area contributed by atoms with Gasteiger partial charge < -0.3 is 9.47 Å². The molecule has 0 aliphatic rings. The zero-order chi connectivity index (χ0) is 23.6. The number of benzene rings is 2. The van der Waals surface area contributed by atoms with Crippen LogP contribution >= 0.6 is 0 Å². The van der Waals surface area contributed by atoms with Crippen molar-refractivity contribution in [1.82, 2.24) is 4.90 Å². The molecule has 0 N–H and O–H groups in total. The highest BCUT2D eigenvalue weighted by Gasteiger charge is 2.19. The quantitative estimate of drug-likeness (QED) is 0.315. The van der Waals surface area contributed by atoms with Crippen LogP contribution in [0, 0.1) is 17.3 Å². The van der Waals surface area contributed by atoms with Crippen LogP contribution in [-0.2, 0) is 6.54 Å². The first-order chi connectivity index (χ1) is 15.2. The van der Waals surface area contributed by atoms with Gasteiger partial charge in [-0.2, -0.15) is 0 Å². The van der Waals surface area contributed by atoms with E-state index in [2.05, 4.69) is 100 Å². The fourth-order valence-corrected chi connectivity index (χ4v) is 4.75. The van der Waals surface area contributed by atoms with Gasteiger partial charge in [0.2, 0.25) is 0 Å². The number of ether oxygens (including phenoxy) is 2. The molecule has 172 valence electrons. The molecular weight excluding hydrogens is 410 g/mol. The van der Waals surface area contributed by atoms with Crippen LogP contribution in [0.1, 0.15) is 44.5 Å². The molecule has 3 nitrogen and oxygen atoms in total. The SMILES string of the molecule is CCN(CC=CC#CC(C)(C)C)Cc1cccc(OC(c2ccc(OC)cc2)[SiH](C)C)c1. The van der Waals surface area contributed by atoms with Gasteiger partial charge >= 0.3 is 0 Å². The van der Waals surface area contributed by atoms with Crippen molar-refractivity contribution in [2.24, 2.45) is 5.41 Å². The maximum atomic E-state index is 6.51. The van der Waals surface area contributed by atoms with E-state index < -0.39 is 8.80 Å². The number of rotatable bonds is 10. The molecule has 0 radical (unpaired) electrons.